The van der Waals surface area contributed by atoms with E-state index in [9.17, 15) is 4.79 Å². The Hall–Kier alpha value is -0.790. The van der Waals surface area contributed by atoms with Crippen LogP contribution in [0.4, 0.5) is 0 Å². The Labute approximate surface area is 234 Å². The summed E-state index contributed by atoms with van der Waals surface area (Å²) in [6, 6.07) is 0. The molecule has 0 aliphatic carbocycles. The molecule has 0 aliphatic heterocycles. The van der Waals surface area contributed by atoms with Crippen molar-refractivity contribution in [2.24, 2.45) is 5.92 Å². The summed E-state index contributed by atoms with van der Waals surface area (Å²) in [5.41, 5.74) is 0. The van der Waals surface area contributed by atoms with Crippen molar-refractivity contribution in [1.29, 1.82) is 0 Å². The molecule has 1 atom stereocenters. The van der Waals surface area contributed by atoms with Gasteiger partial charge in [0.15, 0.2) is 0 Å². The zero-order valence-electron chi connectivity index (χ0n) is 25.8. The number of carbonyl (C=O) groups excluding carboxylic acids is 1. The zero-order valence-corrected chi connectivity index (χ0v) is 25.8. The molecule has 0 radical (unpaired) electrons. The molecule has 220 valence electrons. The van der Waals surface area contributed by atoms with Gasteiger partial charge in [0.05, 0.1) is 6.61 Å². The van der Waals surface area contributed by atoms with Crippen molar-refractivity contribution in [2.75, 3.05) is 6.61 Å². The molecule has 0 fully saturated rings. The fourth-order valence-electron chi connectivity index (χ4n) is 4.97. The summed E-state index contributed by atoms with van der Waals surface area (Å²) in [6.45, 7) is 7.57. The molecule has 0 rings (SSSR count). The average Bonchev–Trinajstić information content (AvgIpc) is 2.90. The van der Waals surface area contributed by atoms with Crippen LogP contribution in [0.25, 0.3) is 0 Å². The highest BCUT2D eigenvalue weighted by Crippen LogP contribution is 2.16. The Bertz CT molecular complexity index is 470. The van der Waals surface area contributed by atoms with Crippen LogP contribution in [0.15, 0.2) is 12.2 Å². The molecule has 0 N–H and O–H groups in total. The van der Waals surface area contributed by atoms with Gasteiger partial charge in [-0.2, -0.15) is 0 Å². The van der Waals surface area contributed by atoms with Gasteiger partial charge in [0, 0.05) is 6.42 Å². The minimum Gasteiger partial charge on any atom is -0.466 e. The number of unbranched alkanes of at least 4 members (excludes halogenated alkanes) is 21. The van der Waals surface area contributed by atoms with Crippen molar-refractivity contribution in [3.8, 4) is 0 Å². The zero-order chi connectivity index (χ0) is 27.1. The van der Waals surface area contributed by atoms with Gasteiger partial charge in [0.2, 0.25) is 0 Å². The Morgan fingerprint density at radius 1 is 0.568 bits per heavy atom. The van der Waals surface area contributed by atoms with E-state index in [2.05, 4.69) is 32.9 Å². The minimum absolute atomic E-state index is 0.0143. The van der Waals surface area contributed by atoms with E-state index in [-0.39, 0.29) is 5.97 Å². The first kappa shape index (κ1) is 36.2. The van der Waals surface area contributed by atoms with Crippen molar-refractivity contribution < 1.29 is 9.53 Å². The molecule has 37 heavy (non-hydrogen) atoms. The maximum atomic E-state index is 11.9. The molecule has 0 bridgehead atoms. The van der Waals surface area contributed by atoms with E-state index in [0.717, 1.165) is 25.2 Å². The third kappa shape index (κ3) is 31.3. The highest BCUT2D eigenvalue weighted by atomic mass is 16.5. The highest BCUT2D eigenvalue weighted by molar-refractivity contribution is 5.69. The number of allylic oxidation sites excluding steroid dienone is 2. The SMILES string of the molecule is CCCC/C=C\CCCCCCCC(=O)OCCCCCCCCCCCCCCCCCC(C)CC. The fraction of sp³-hybridized carbons (Fsp3) is 0.914. The van der Waals surface area contributed by atoms with Crippen LogP contribution < -0.4 is 0 Å². The first-order chi connectivity index (χ1) is 18.2. The van der Waals surface area contributed by atoms with Crippen LogP contribution >= 0.6 is 0 Å². The summed E-state index contributed by atoms with van der Waals surface area (Å²) in [7, 11) is 0. The number of esters is 1. The molecule has 0 saturated heterocycles. The van der Waals surface area contributed by atoms with Gasteiger partial charge in [0.1, 0.15) is 0 Å². The number of rotatable bonds is 30. The Morgan fingerprint density at radius 3 is 1.51 bits per heavy atom. The van der Waals surface area contributed by atoms with Crippen molar-refractivity contribution in [2.45, 2.75) is 194 Å². The Morgan fingerprint density at radius 2 is 1.00 bits per heavy atom. The van der Waals surface area contributed by atoms with Gasteiger partial charge in [-0.05, 0) is 38.0 Å². The van der Waals surface area contributed by atoms with Crippen LogP contribution in [0.3, 0.4) is 0 Å². The Kier molecular flexibility index (Phi) is 30.8. The first-order valence-electron chi connectivity index (χ1n) is 17.0. The molecular formula is C35H68O2. The van der Waals surface area contributed by atoms with E-state index in [1.54, 1.807) is 0 Å². The van der Waals surface area contributed by atoms with Gasteiger partial charge in [0.25, 0.3) is 0 Å². The van der Waals surface area contributed by atoms with Crippen LogP contribution in [0.5, 0.6) is 0 Å². The molecule has 2 nitrogen and oxygen atoms in total. The predicted molar refractivity (Wildman–Crippen MR) is 165 cm³/mol. The van der Waals surface area contributed by atoms with Crippen molar-refractivity contribution in [1.82, 2.24) is 0 Å². The van der Waals surface area contributed by atoms with Crippen molar-refractivity contribution >= 4 is 5.97 Å². The maximum absolute atomic E-state index is 11.9. The maximum Gasteiger partial charge on any atom is 0.305 e. The van der Waals surface area contributed by atoms with E-state index in [4.69, 9.17) is 4.74 Å². The summed E-state index contributed by atoms with van der Waals surface area (Å²) >= 11 is 0. The van der Waals surface area contributed by atoms with E-state index < -0.39 is 0 Å². The average molecular weight is 521 g/mol. The van der Waals surface area contributed by atoms with Gasteiger partial charge < -0.3 is 4.74 Å². The molecule has 0 spiro atoms. The second kappa shape index (κ2) is 31.4. The standard InChI is InChI=1S/C35H68O2/c1-4-6-7-8-9-10-16-20-23-26-29-32-35(36)37-33-30-27-24-21-18-15-13-11-12-14-17-19-22-25-28-31-34(3)5-2/h8-9,34H,4-7,10-33H2,1-3H3/b9-8-. The smallest absolute Gasteiger partial charge is 0.305 e. The van der Waals surface area contributed by atoms with Crippen molar-refractivity contribution in [3.05, 3.63) is 12.2 Å². The lowest BCUT2D eigenvalue weighted by atomic mass is 9.99. The summed E-state index contributed by atoms with van der Waals surface area (Å²) in [6.07, 6.45) is 39.7. The Balaban J connectivity index is 3.17. The fourth-order valence-corrected chi connectivity index (χ4v) is 4.97. The molecule has 1 unspecified atom stereocenters. The summed E-state index contributed by atoms with van der Waals surface area (Å²) < 4.78 is 5.42. The predicted octanol–water partition coefficient (Wildman–Crippen LogP) is 12.3. The van der Waals surface area contributed by atoms with Gasteiger partial charge in [-0.15, -0.1) is 0 Å². The van der Waals surface area contributed by atoms with Crippen LogP contribution in [0.1, 0.15) is 194 Å². The van der Waals surface area contributed by atoms with Crippen LogP contribution in [-0.4, -0.2) is 12.6 Å². The van der Waals surface area contributed by atoms with Crippen LogP contribution in [0.2, 0.25) is 0 Å². The number of hydrogen-bond acceptors (Lipinski definition) is 2. The highest BCUT2D eigenvalue weighted by Gasteiger charge is 2.03. The number of hydrogen-bond donors (Lipinski definition) is 0. The number of ether oxygens (including phenoxy) is 1. The van der Waals surface area contributed by atoms with E-state index in [1.807, 2.05) is 0 Å². The molecule has 0 aliphatic rings. The number of carbonyl (C=O) groups is 1. The lowest BCUT2D eigenvalue weighted by molar-refractivity contribution is -0.143. The van der Waals surface area contributed by atoms with Gasteiger partial charge in [-0.1, -0.05) is 168 Å². The molecule has 2 heteroatoms. The lowest BCUT2D eigenvalue weighted by Crippen LogP contribution is -2.05. The van der Waals surface area contributed by atoms with Crippen molar-refractivity contribution in [3.63, 3.8) is 0 Å². The largest absolute Gasteiger partial charge is 0.466 e. The monoisotopic (exact) mass is 521 g/mol. The van der Waals surface area contributed by atoms with E-state index in [1.165, 1.54) is 148 Å². The minimum atomic E-state index is 0.0143. The van der Waals surface area contributed by atoms with Crippen LogP contribution in [0, 0.1) is 5.92 Å². The molecule has 0 amide bonds. The normalized spacial score (nSPS) is 12.4. The third-order valence-electron chi connectivity index (χ3n) is 7.94. The lowest BCUT2D eigenvalue weighted by Gasteiger charge is -2.07. The second-order valence-corrected chi connectivity index (χ2v) is 11.7. The van der Waals surface area contributed by atoms with E-state index >= 15 is 0 Å². The second-order valence-electron chi connectivity index (χ2n) is 11.7. The summed E-state index contributed by atoms with van der Waals surface area (Å²) in [5, 5.41) is 0. The third-order valence-corrected chi connectivity index (χ3v) is 7.94. The van der Waals surface area contributed by atoms with E-state index in [0.29, 0.717) is 13.0 Å². The van der Waals surface area contributed by atoms with Crippen LogP contribution in [-0.2, 0) is 9.53 Å². The molecular weight excluding hydrogens is 452 g/mol. The quantitative estimate of drug-likeness (QED) is 0.0534. The van der Waals surface area contributed by atoms with Gasteiger partial charge >= 0.3 is 5.97 Å². The molecule has 0 saturated carbocycles. The summed E-state index contributed by atoms with van der Waals surface area (Å²) in [5.74, 6) is 0.942. The molecule has 0 aromatic heterocycles. The molecule has 0 aromatic carbocycles. The molecule has 0 aromatic rings. The first-order valence-corrected chi connectivity index (χ1v) is 17.0. The van der Waals surface area contributed by atoms with Gasteiger partial charge in [-0.3, -0.25) is 4.79 Å². The topological polar surface area (TPSA) is 26.3 Å². The summed E-state index contributed by atoms with van der Waals surface area (Å²) in [4.78, 5) is 11.9. The molecule has 0 heterocycles. The van der Waals surface area contributed by atoms with Gasteiger partial charge in [-0.25, -0.2) is 0 Å².